The molecule has 2 aliphatic rings. The zero-order chi connectivity index (χ0) is 20.5. The Hall–Kier alpha value is -2.51. The van der Waals surface area contributed by atoms with E-state index in [9.17, 15) is 4.79 Å². The molecule has 0 aliphatic carbocycles. The van der Waals surface area contributed by atoms with Crippen LogP contribution in [0.15, 0.2) is 23.3 Å². The van der Waals surface area contributed by atoms with E-state index in [0.29, 0.717) is 26.2 Å². The van der Waals surface area contributed by atoms with Crippen LogP contribution in [0.3, 0.4) is 0 Å². The van der Waals surface area contributed by atoms with Crippen molar-refractivity contribution in [2.24, 2.45) is 4.99 Å². The number of carbonyl (C=O) groups excluding carboxylic acids is 1. The standard InChI is InChI=1S/C21H34N6O2/c1-3-29-21(28)27-14-12-26(13-15-27)20(22-2)24-17-18-8-9-19(23-16-18)25-10-6-4-5-7-11-25/h8-9,16H,3-7,10-15,17H2,1-2H3,(H,22,24). The predicted molar refractivity (Wildman–Crippen MR) is 115 cm³/mol. The number of anilines is 1. The fourth-order valence-electron chi connectivity index (χ4n) is 3.84. The summed E-state index contributed by atoms with van der Waals surface area (Å²) in [7, 11) is 1.79. The van der Waals surface area contributed by atoms with Crippen molar-refractivity contribution in [2.75, 3.05) is 57.8 Å². The van der Waals surface area contributed by atoms with Crippen LogP contribution in [0.1, 0.15) is 38.2 Å². The smallest absolute Gasteiger partial charge is 0.409 e. The van der Waals surface area contributed by atoms with Gasteiger partial charge in [0.25, 0.3) is 0 Å². The van der Waals surface area contributed by atoms with Gasteiger partial charge in [-0.25, -0.2) is 9.78 Å². The van der Waals surface area contributed by atoms with Crippen molar-refractivity contribution in [1.29, 1.82) is 0 Å². The highest BCUT2D eigenvalue weighted by Gasteiger charge is 2.23. The Morgan fingerprint density at radius 3 is 2.34 bits per heavy atom. The maximum atomic E-state index is 11.8. The van der Waals surface area contributed by atoms with Crippen molar-refractivity contribution in [3.63, 3.8) is 0 Å². The molecule has 29 heavy (non-hydrogen) atoms. The lowest BCUT2D eigenvalue weighted by molar-refractivity contribution is 0.0914. The monoisotopic (exact) mass is 402 g/mol. The van der Waals surface area contributed by atoms with E-state index in [1.165, 1.54) is 25.7 Å². The van der Waals surface area contributed by atoms with Gasteiger partial charge in [-0.1, -0.05) is 18.9 Å². The molecule has 0 radical (unpaired) electrons. The average molecular weight is 403 g/mol. The van der Waals surface area contributed by atoms with Crippen LogP contribution in [-0.2, 0) is 11.3 Å². The lowest BCUT2D eigenvalue weighted by atomic mass is 10.2. The Labute approximate surface area is 173 Å². The third-order valence-corrected chi connectivity index (χ3v) is 5.51. The highest BCUT2D eigenvalue weighted by molar-refractivity contribution is 5.80. The SMILES string of the molecule is CCOC(=O)N1CCN(C(=NC)NCc2ccc(N3CCCCCC3)nc2)CC1. The average Bonchev–Trinajstić information content (AvgIpc) is 3.05. The molecule has 160 valence electrons. The Balaban J connectivity index is 1.47. The Bertz CT molecular complexity index is 662. The fraction of sp³-hybridized carbons (Fsp3) is 0.667. The van der Waals surface area contributed by atoms with E-state index in [2.05, 4.69) is 37.2 Å². The Morgan fingerprint density at radius 1 is 1.07 bits per heavy atom. The number of hydrogen-bond acceptors (Lipinski definition) is 5. The molecule has 1 amide bonds. The molecule has 2 saturated heterocycles. The Morgan fingerprint density at radius 2 is 1.76 bits per heavy atom. The Kier molecular flexibility index (Phi) is 7.95. The molecule has 0 atom stereocenters. The molecule has 1 aromatic heterocycles. The topological polar surface area (TPSA) is 73.3 Å². The number of ether oxygens (including phenoxy) is 1. The van der Waals surface area contributed by atoms with Crippen molar-refractivity contribution in [3.05, 3.63) is 23.9 Å². The zero-order valence-corrected chi connectivity index (χ0v) is 17.8. The van der Waals surface area contributed by atoms with Gasteiger partial charge in [0, 0.05) is 59.1 Å². The molecular weight excluding hydrogens is 368 g/mol. The highest BCUT2D eigenvalue weighted by atomic mass is 16.6. The van der Waals surface area contributed by atoms with E-state index in [1.807, 2.05) is 13.1 Å². The quantitative estimate of drug-likeness (QED) is 0.615. The van der Waals surface area contributed by atoms with E-state index in [4.69, 9.17) is 4.74 Å². The van der Waals surface area contributed by atoms with Crippen molar-refractivity contribution in [2.45, 2.75) is 39.2 Å². The predicted octanol–water partition coefficient (Wildman–Crippen LogP) is 2.31. The second-order valence-corrected chi connectivity index (χ2v) is 7.50. The number of piperazine rings is 1. The molecule has 0 bridgehead atoms. The van der Waals surface area contributed by atoms with Crippen LogP contribution >= 0.6 is 0 Å². The van der Waals surface area contributed by atoms with Gasteiger partial charge in [-0.3, -0.25) is 4.99 Å². The molecule has 8 heteroatoms. The molecule has 0 spiro atoms. The number of hydrogen-bond donors (Lipinski definition) is 1. The summed E-state index contributed by atoms with van der Waals surface area (Å²) < 4.78 is 5.08. The molecule has 2 fully saturated rings. The van der Waals surface area contributed by atoms with Crippen LogP contribution in [0.4, 0.5) is 10.6 Å². The summed E-state index contributed by atoms with van der Waals surface area (Å²) in [5.74, 6) is 1.93. The van der Waals surface area contributed by atoms with Crippen LogP contribution in [0.25, 0.3) is 0 Å². The van der Waals surface area contributed by atoms with Crippen LogP contribution in [0, 0.1) is 0 Å². The largest absolute Gasteiger partial charge is 0.450 e. The first-order chi connectivity index (χ1) is 14.2. The van der Waals surface area contributed by atoms with Gasteiger partial charge >= 0.3 is 6.09 Å². The van der Waals surface area contributed by atoms with Crippen LogP contribution in [-0.4, -0.2) is 79.8 Å². The first-order valence-electron chi connectivity index (χ1n) is 10.8. The van der Waals surface area contributed by atoms with Crippen LogP contribution < -0.4 is 10.2 Å². The van der Waals surface area contributed by atoms with Crippen molar-refractivity contribution < 1.29 is 9.53 Å². The van der Waals surface area contributed by atoms with E-state index in [0.717, 1.165) is 43.5 Å². The third kappa shape index (κ3) is 5.98. The summed E-state index contributed by atoms with van der Waals surface area (Å²) in [6, 6.07) is 4.27. The molecule has 0 aromatic carbocycles. The maximum Gasteiger partial charge on any atom is 0.409 e. The summed E-state index contributed by atoms with van der Waals surface area (Å²) in [6.07, 6.45) is 6.89. The van der Waals surface area contributed by atoms with E-state index in [-0.39, 0.29) is 6.09 Å². The molecular formula is C21H34N6O2. The van der Waals surface area contributed by atoms with E-state index in [1.54, 1.807) is 11.9 Å². The summed E-state index contributed by atoms with van der Waals surface area (Å²) in [6.45, 7) is 7.90. The number of guanidine groups is 1. The third-order valence-electron chi connectivity index (χ3n) is 5.51. The zero-order valence-electron chi connectivity index (χ0n) is 17.8. The first kappa shape index (κ1) is 21.2. The summed E-state index contributed by atoms with van der Waals surface area (Å²) >= 11 is 0. The van der Waals surface area contributed by atoms with Crippen molar-refractivity contribution in [1.82, 2.24) is 20.1 Å². The first-order valence-corrected chi connectivity index (χ1v) is 10.8. The lowest BCUT2D eigenvalue weighted by Crippen LogP contribution is -2.53. The summed E-state index contributed by atoms with van der Waals surface area (Å²) in [5.41, 5.74) is 1.13. The van der Waals surface area contributed by atoms with E-state index < -0.39 is 0 Å². The van der Waals surface area contributed by atoms with Gasteiger partial charge < -0.3 is 24.8 Å². The van der Waals surface area contributed by atoms with E-state index >= 15 is 0 Å². The van der Waals surface area contributed by atoms with Gasteiger partial charge in [-0.05, 0) is 31.4 Å². The van der Waals surface area contributed by atoms with Crippen LogP contribution in [0.5, 0.6) is 0 Å². The summed E-state index contributed by atoms with van der Waals surface area (Å²) in [4.78, 5) is 27.2. The number of aromatic nitrogens is 1. The molecule has 1 N–H and O–H groups in total. The number of rotatable bonds is 4. The van der Waals surface area contributed by atoms with Gasteiger partial charge in [0.05, 0.1) is 6.61 Å². The van der Waals surface area contributed by atoms with Gasteiger partial charge in [-0.2, -0.15) is 0 Å². The van der Waals surface area contributed by atoms with Gasteiger partial charge in [-0.15, -0.1) is 0 Å². The summed E-state index contributed by atoms with van der Waals surface area (Å²) in [5, 5.41) is 3.42. The minimum atomic E-state index is -0.231. The highest BCUT2D eigenvalue weighted by Crippen LogP contribution is 2.17. The van der Waals surface area contributed by atoms with Crippen molar-refractivity contribution in [3.8, 4) is 0 Å². The molecule has 3 heterocycles. The number of carbonyl (C=O) groups is 1. The molecule has 2 aliphatic heterocycles. The molecule has 8 nitrogen and oxygen atoms in total. The van der Waals surface area contributed by atoms with Crippen LogP contribution in [0.2, 0.25) is 0 Å². The number of nitrogens with zero attached hydrogens (tertiary/aromatic N) is 5. The second kappa shape index (κ2) is 10.9. The van der Waals surface area contributed by atoms with Crippen molar-refractivity contribution >= 4 is 17.9 Å². The molecule has 3 rings (SSSR count). The fourth-order valence-corrected chi connectivity index (χ4v) is 3.84. The second-order valence-electron chi connectivity index (χ2n) is 7.50. The number of nitrogens with one attached hydrogen (secondary N) is 1. The van der Waals surface area contributed by atoms with Gasteiger partial charge in [0.2, 0.25) is 0 Å². The van der Waals surface area contributed by atoms with Gasteiger partial charge in [0.15, 0.2) is 5.96 Å². The minimum absolute atomic E-state index is 0.231. The number of aliphatic imine (C=N–C) groups is 1. The number of amides is 1. The minimum Gasteiger partial charge on any atom is -0.450 e. The van der Waals surface area contributed by atoms with Gasteiger partial charge in [0.1, 0.15) is 5.82 Å². The lowest BCUT2D eigenvalue weighted by Gasteiger charge is -2.35. The number of pyridine rings is 1. The normalized spacial score (nSPS) is 18.4. The molecule has 1 aromatic rings. The molecule has 0 unspecified atom stereocenters. The maximum absolute atomic E-state index is 11.8. The molecule has 0 saturated carbocycles.